The molecule has 0 bridgehead atoms. The molecule has 2 unspecified atom stereocenters. The molecular formula is C34H31F6N3O5. The zero-order valence-electron chi connectivity index (χ0n) is 26.0. The van der Waals surface area contributed by atoms with E-state index in [0.717, 1.165) is 0 Å². The van der Waals surface area contributed by atoms with Crippen LogP contribution in [0.4, 0.5) is 32.0 Å². The first kappa shape index (κ1) is 34.3. The van der Waals surface area contributed by atoms with Gasteiger partial charge < -0.3 is 25.0 Å². The van der Waals surface area contributed by atoms with Gasteiger partial charge in [0.1, 0.15) is 40.8 Å². The number of hydrogen-bond donors (Lipinski definition) is 3. The van der Waals surface area contributed by atoms with E-state index in [4.69, 9.17) is 4.74 Å². The Labute approximate surface area is 270 Å². The zero-order valence-corrected chi connectivity index (χ0v) is 26.0. The van der Waals surface area contributed by atoms with Crippen molar-refractivity contribution in [2.24, 2.45) is 7.05 Å². The van der Waals surface area contributed by atoms with E-state index in [1.165, 1.54) is 29.7 Å². The van der Waals surface area contributed by atoms with Crippen molar-refractivity contribution in [3.63, 3.8) is 0 Å². The molecule has 1 aliphatic heterocycles. The van der Waals surface area contributed by atoms with Gasteiger partial charge in [-0.05, 0) is 73.2 Å². The molecule has 1 aliphatic rings. The van der Waals surface area contributed by atoms with E-state index in [2.05, 4.69) is 5.32 Å². The molecule has 5 rings (SSSR count). The minimum Gasteiger partial charge on any atom is -0.493 e. The number of aryl methyl sites for hydroxylation is 2. The molecule has 8 nitrogen and oxygen atoms in total. The molecule has 48 heavy (non-hydrogen) atoms. The summed E-state index contributed by atoms with van der Waals surface area (Å²) in [5.41, 5.74) is 0.667. The van der Waals surface area contributed by atoms with Crippen LogP contribution in [0, 0.1) is 24.4 Å². The molecule has 2 heterocycles. The lowest BCUT2D eigenvalue weighted by atomic mass is 9.89. The number of nitrogens with one attached hydrogen (secondary N) is 2. The number of carboxylic acid groups (broad SMARTS) is 1. The third kappa shape index (κ3) is 6.56. The lowest BCUT2D eigenvalue weighted by Crippen LogP contribution is -2.43. The number of carboxylic acids is 1. The first-order valence-corrected chi connectivity index (χ1v) is 15.0. The number of anilines is 1. The SMILES string of the molecule is CCC(Nc1cc(F)c(C(=O)NC(Cc2ccc(-c3c(C)c4cc(F)ccc4n(C)c3=O)c3c2CCCO3)C(=O)O)c(F)c1)C(F)(F)F. The molecule has 0 aliphatic carbocycles. The number of nitrogens with zero attached hydrogens (tertiary/aromatic N) is 1. The van der Waals surface area contributed by atoms with Gasteiger partial charge in [-0.3, -0.25) is 9.59 Å². The van der Waals surface area contributed by atoms with Crippen LogP contribution in [-0.4, -0.2) is 46.4 Å². The van der Waals surface area contributed by atoms with Crippen molar-refractivity contribution < 1.29 is 45.8 Å². The minimum atomic E-state index is -4.70. The second-order valence-corrected chi connectivity index (χ2v) is 11.6. The van der Waals surface area contributed by atoms with Gasteiger partial charge in [-0.2, -0.15) is 13.2 Å². The Balaban J connectivity index is 1.47. The predicted octanol–water partition coefficient (Wildman–Crippen LogP) is 6.43. The standard InChI is InChI=1S/C34H31F6N3O5/c1-4-27(34(38,39)40)41-19-14-23(36)29(24(37)15-19)31(44)42-25(33(46)47)12-17-7-9-21(30-20(17)6-5-11-48-30)28-16(2)22-13-18(35)8-10-26(22)43(3)32(28)45/h7-10,13-15,25,27,41H,4-6,11-12H2,1-3H3,(H,42,44)(H,46,47). The van der Waals surface area contributed by atoms with Crippen LogP contribution in [-0.2, 0) is 24.7 Å². The Kier molecular flexibility index (Phi) is 9.47. The summed E-state index contributed by atoms with van der Waals surface area (Å²) in [6.07, 6.45) is -4.48. The number of aromatic nitrogens is 1. The first-order valence-electron chi connectivity index (χ1n) is 15.0. The van der Waals surface area contributed by atoms with Crippen molar-refractivity contribution in [2.45, 2.75) is 57.8 Å². The molecular weight excluding hydrogens is 644 g/mol. The van der Waals surface area contributed by atoms with Crippen molar-refractivity contribution >= 4 is 28.5 Å². The zero-order chi connectivity index (χ0) is 35.1. The van der Waals surface area contributed by atoms with Crippen LogP contribution in [0.2, 0.25) is 0 Å². The molecule has 0 saturated carbocycles. The maximum atomic E-state index is 14.9. The first-order chi connectivity index (χ1) is 22.6. The summed E-state index contributed by atoms with van der Waals surface area (Å²) in [5.74, 6) is -6.07. The van der Waals surface area contributed by atoms with Crippen LogP contribution in [0.25, 0.3) is 22.0 Å². The summed E-state index contributed by atoms with van der Waals surface area (Å²) in [6, 6.07) is 4.53. The summed E-state index contributed by atoms with van der Waals surface area (Å²) >= 11 is 0. The monoisotopic (exact) mass is 675 g/mol. The summed E-state index contributed by atoms with van der Waals surface area (Å²) in [7, 11) is 1.56. The average molecular weight is 676 g/mol. The molecule has 4 aromatic rings. The van der Waals surface area contributed by atoms with E-state index in [9.17, 15) is 45.8 Å². The van der Waals surface area contributed by atoms with Gasteiger partial charge >= 0.3 is 12.1 Å². The number of ether oxygens (including phenoxy) is 1. The third-order valence-corrected chi connectivity index (χ3v) is 8.50. The Morgan fingerprint density at radius 2 is 1.75 bits per heavy atom. The second-order valence-electron chi connectivity index (χ2n) is 11.6. The van der Waals surface area contributed by atoms with Gasteiger partial charge in [0.25, 0.3) is 11.5 Å². The van der Waals surface area contributed by atoms with Gasteiger partial charge in [0.2, 0.25) is 0 Å². The van der Waals surface area contributed by atoms with Crippen molar-refractivity contribution in [1.82, 2.24) is 9.88 Å². The molecule has 1 amide bonds. The fraction of sp³-hybridized carbons (Fsp3) is 0.324. The summed E-state index contributed by atoms with van der Waals surface area (Å²) in [4.78, 5) is 38.8. The van der Waals surface area contributed by atoms with Crippen LogP contribution < -0.4 is 20.9 Å². The molecule has 3 aromatic carbocycles. The van der Waals surface area contributed by atoms with Crippen molar-refractivity contribution in [2.75, 3.05) is 11.9 Å². The van der Waals surface area contributed by atoms with Crippen LogP contribution in [0.5, 0.6) is 5.75 Å². The Bertz CT molecular complexity index is 1970. The second kappa shape index (κ2) is 13.2. The molecule has 3 N–H and O–H groups in total. The number of aliphatic carboxylic acids is 1. The number of alkyl halides is 3. The van der Waals surface area contributed by atoms with E-state index in [1.54, 1.807) is 26.1 Å². The maximum absolute atomic E-state index is 14.9. The molecule has 2 atom stereocenters. The number of pyridine rings is 1. The van der Waals surface area contributed by atoms with Gasteiger partial charge in [0.15, 0.2) is 0 Å². The Morgan fingerprint density at radius 1 is 1.06 bits per heavy atom. The molecule has 14 heteroatoms. The highest BCUT2D eigenvalue weighted by atomic mass is 19.4. The van der Waals surface area contributed by atoms with Crippen molar-refractivity contribution in [1.29, 1.82) is 0 Å². The smallest absolute Gasteiger partial charge is 0.408 e. The number of fused-ring (bicyclic) bond motifs is 2. The molecule has 0 spiro atoms. The number of benzene rings is 3. The van der Waals surface area contributed by atoms with E-state index >= 15 is 0 Å². The fourth-order valence-electron chi connectivity index (χ4n) is 6.05. The van der Waals surface area contributed by atoms with E-state index in [-0.39, 0.29) is 17.5 Å². The van der Waals surface area contributed by atoms with Crippen molar-refractivity contribution in [3.05, 3.63) is 92.5 Å². The predicted molar refractivity (Wildman–Crippen MR) is 166 cm³/mol. The number of carbonyl (C=O) groups excluding carboxylic acids is 1. The van der Waals surface area contributed by atoms with Crippen LogP contribution in [0.1, 0.15) is 46.8 Å². The Morgan fingerprint density at radius 3 is 2.38 bits per heavy atom. The molecule has 0 saturated heterocycles. The van der Waals surface area contributed by atoms with Gasteiger partial charge in [0, 0.05) is 30.1 Å². The van der Waals surface area contributed by atoms with Crippen LogP contribution in [0.15, 0.2) is 47.3 Å². The highest BCUT2D eigenvalue weighted by Crippen LogP contribution is 2.40. The lowest BCUT2D eigenvalue weighted by molar-refractivity contribution is -0.143. The van der Waals surface area contributed by atoms with E-state index in [0.29, 0.717) is 70.5 Å². The summed E-state index contributed by atoms with van der Waals surface area (Å²) in [6.45, 7) is 3.22. The maximum Gasteiger partial charge on any atom is 0.408 e. The van der Waals surface area contributed by atoms with E-state index < -0.39 is 65.3 Å². The highest BCUT2D eigenvalue weighted by Gasteiger charge is 2.38. The average Bonchev–Trinajstić information content (AvgIpc) is 3.02. The number of carbonyl (C=O) groups is 2. The van der Waals surface area contributed by atoms with E-state index in [1.807, 2.05) is 5.32 Å². The molecule has 0 fully saturated rings. The summed E-state index contributed by atoms with van der Waals surface area (Å²) in [5, 5.41) is 14.6. The highest BCUT2D eigenvalue weighted by molar-refractivity contribution is 5.97. The van der Waals surface area contributed by atoms with Gasteiger partial charge in [-0.25, -0.2) is 18.0 Å². The quantitative estimate of drug-likeness (QED) is 0.177. The lowest BCUT2D eigenvalue weighted by Gasteiger charge is -2.26. The molecule has 0 radical (unpaired) electrons. The number of rotatable bonds is 9. The van der Waals surface area contributed by atoms with Gasteiger partial charge in [0.05, 0.1) is 17.7 Å². The van der Waals surface area contributed by atoms with Crippen LogP contribution in [0.3, 0.4) is 0 Å². The van der Waals surface area contributed by atoms with Crippen LogP contribution >= 0.6 is 0 Å². The summed E-state index contributed by atoms with van der Waals surface area (Å²) < 4.78 is 90.8. The molecule has 254 valence electrons. The minimum absolute atomic E-state index is 0.271. The van der Waals surface area contributed by atoms with Gasteiger partial charge in [-0.1, -0.05) is 19.1 Å². The normalized spacial score (nSPS) is 14.2. The fourth-order valence-corrected chi connectivity index (χ4v) is 6.05. The third-order valence-electron chi connectivity index (χ3n) is 8.50. The van der Waals surface area contributed by atoms with Crippen molar-refractivity contribution in [3.8, 4) is 16.9 Å². The molecule has 1 aromatic heterocycles. The number of hydrogen-bond acceptors (Lipinski definition) is 5. The number of amides is 1. The topological polar surface area (TPSA) is 110 Å². The van der Waals surface area contributed by atoms with Gasteiger partial charge in [-0.15, -0.1) is 0 Å². The number of halogens is 6. The largest absolute Gasteiger partial charge is 0.493 e. The Hall–Kier alpha value is -5.01.